The van der Waals surface area contributed by atoms with Crippen LogP contribution in [0.2, 0.25) is 0 Å². The highest BCUT2D eigenvalue weighted by Crippen LogP contribution is 2.25. The molecule has 0 saturated carbocycles. The van der Waals surface area contributed by atoms with Crippen LogP contribution >= 0.6 is 0 Å². The molecule has 1 amide bonds. The number of carbonyl (C=O) groups excluding carboxylic acids is 1. The Labute approximate surface area is 145 Å². The maximum Gasteiger partial charge on any atom is 0.219 e. The number of nitrogens with zero attached hydrogens (tertiary/aromatic N) is 5. The van der Waals surface area contributed by atoms with Gasteiger partial charge in [-0.2, -0.15) is 0 Å². The largest absolute Gasteiger partial charge is 0.469 e. The molecule has 1 aliphatic heterocycles. The quantitative estimate of drug-likeness (QED) is 0.729. The van der Waals surface area contributed by atoms with Gasteiger partial charge in [-0.25, -0.2) is 4.98 Å². The molecular formula is C18H19N5O2. The zero-order chi connectivity index (χ0) is 17.2. The summed E-state index contributed by atoms with van der Waals surface area (Å²) in [6, 6.07) is 3.85. The second-order valence-electron chi connectivity index (χ2n) is 6.14. The Morgan fingerprint density at radius 3 is 3.00 bits per heavy atom. The van der Waals surface area contributed by atoms with Crippen molar-refractivity contribution in [3.63, 3.8) is 0 Å². The van der Waals surface area contributed by atoms with Crippen LogP contribution in [0.15, 0.2) is 41.4 Å². The van der Waals surface area contributed by atoms with Gasteiger partial charge in [0.2, 0.25) is 5.91 Å². The Balaban J connectivity index is 1.60. The summed E-state index contributed by atoms with van der Waals surface area (Å²) in [6.07, 6.45) is 9.67. The first-order valence-electron chi connectivity index (χ1n) is 8.37. The zero-order valence-corrected chi connectivity index (χ0v) is 14.1. The van der Waals surface area contributed by atoms with E-state index >= 15 is 0 Å². The molecule has 0 atom stereocenters. The highest BCUT2D eigenvalue weighted by molar-refractivity contribution is 5.79. The minimum atomic E-state index is 0.106. The van der Waals surface area contributed by atoms with Gasteiger partial charge in [0.05, 0.1) is 6.26 Å². The van der Waals surface area contributed by atoms with Gasteiger partial charge in [-0.15, -0.1) is 10.2 Å². The molecule has 0 bridgehead atoms. The number of fused-ring (bicyclic) bond motifs is 1. The number of hydrogen-bond acceptors (Lipinski definition) is 5. The first kappa shape index (κ1) is 15.6. The van der Waals surface area contributed by atoms with E-state index in [1.165, 1.54) is 5.57 Å². The Bertz CT molecular complexity index is 926. The van der Waals surface area contributed by atoms with E-state index < -0.39 is 0 Å². The number of aryl methyl sites for hydroxylation is 2. The van der Waals surface area contributed by atoms with Gasteiger partial charge in [0.15, 0.2) is 5.65 Å². The van der Waals surface area contributed by atoms with E-state index in [-0.39, 0.29) is 5.91 Å². The number of aromatic nitrogens is 4. The lowest BCUT2D eigenvalue weighted by Gasteiger charge is -2.25. The lowest BCUT2D eigenvalue weighted by atomic mass is 10.0. The van der Waals surface area contributed by atoms with Gasteiger partial charge < -0.3 is 9.32 Å². The van der Waals surface area contributed by atoms with Crippen molar-refractivity contribution in [3.05, 3.63) is 54.1 Å². The summed E-state index contributed by atoms with van der Waals surface area (Å²) >= 11 is 0. The van der Waals surface area contributed by atoms with Gasteiger partial charge in [-0.1, -0.05) is 6.08 Å². The second kappa shape index (κ2) is 6.51. The number of carbonyl (C=O) groups is 1. The fraction of sp³-hybridized carbons (Fsp3) is 0.333. The normalized spacial score (nSPS) is 14.8. The lowest BCUT2D eigenvalue weighted by molar-refractivity contribution is -0.128. The van der Waals surface area contributed by atoms with Crippen LogP contribution in [0.4, 0.5) is 0 Å². The molecule has 0 N–H and O–H groups in total. The van der Waals surface area contributed by atoms with E-state index in [2.05, 4.69) is 21.3 Å². The summed E-state index contributed by atoms with van der Waals surface area (Å²) in [6.45, 7) is 2.96. The van der Waals surface area contributed by atoms with E-state index in [0.29, 0.717) is 6.54 Å². The standard InChI is InChI=1S/C18H19N5O2/c1-13(24)22-8-6-14(7-9-22)16-11-19-17(23-12-20-21-18(16)23)5-4-15-3-2-10-25-15/h2-3,6,10-12H,4-5,7-9H2,1H3. The highest BCUT2D eigenvalue weighted by atomic mass is 16.3. The van der Waals surface area contributed by atoms with Crippen LogP contribution in [-0.2, 0) is 17.6 Å². The molecule has 0 aromatic carbocycles. The van der Waals surface area contributed by atoms with Gasteiger partial charge >= 0.3 is 0 Å². The van der Waals surface area contributed by atoms with Crippen molar-refractivity contribution in [2.75, 3.05) is 13.1 Å². The Kier molecular flexibility index (Phi) is 4.05. The number of hydrogen-bond donors (Lipinski definition) is 0. The van der Waals surface area contributed by atoms with Crippen molar-refractivity contribution >= 4 is 17.1 Å². The predicted octanol–water partition coefficient (Wildman–Crippen LogP) is 2.14. The molecule has 1 aliphatic rings. The fourth-order valence-electron chi connectivity index (χ4n) is 3.17. The molecule has 25 heavy (non-hydrogen) atoms. The smallest absolute Gasteiger partial charge is 0.219 e. The number of furan rings is 1. The molecule has 0 aliphatic carbocycles. The monoisotopic (exact) mass is 337 g/mol. The molecule has 4 heterocycles. The van der Waals surface area contributed by atoms with E-state index in [1.807, 2.05) is 27.6 Å². The minimum absolute atomic E-state index is 0.106. The summed E-state index contributed by atoms with van der Waals surface area (Å²) in [5, 5.41) is 8.35. The van der Waals surface area contributed by atoms with Crippen LogP contribution in [0.25, 0.3) is 11.2 Å². The van der Waals surface area contributed by atoms with Gasteiger partial charge in [-0.05, 0) is 24.1 Å². The van der Waals surface area contributed by atoms with Crippen LogP contribution in [0.3, 0.4) is 0 Å². The molecule has 0 fully saturated rings. The van der Waals surface area contributed by atoms with Crippen molar-refractivity contribution in [3.8, 4) is 0 Å². The maximum atomic E-state index is 11.5. The van der Waals surface area contributed by atoms with Crippen molar-refractivity contribution in [1.29, 1.82) is 0 Å². The third-order valence-electron chi connectivity index (χ3n) is 4.58. The first-order valence-corrected chi connectivity index (χ1v) is 8.37. The van der Waals surface area contributed by atoms with Gasteiger partial charge in [0.25, 0.3) is 0 Å². The summed E-state index contributed by atoms with van der Waals surface area (Å²) < 4.78 is 7.33. The van der Waals surface area contributed by atoms with E-state index in [4.69, 9.17) is 4.42 Å². The SMILES string of the molecule is CC(=O)N1CC=C(c2cnc(CCc3ccco3)n3cnnc23)CC1. The van der Waals surface area contributed by atoms with E-state index in [0.717, 1.165) is 48.6 Å². The topological polar surface area (TPSA) is 76.5 Å². The predicted molar refractivity (Wildman–Crippen MR) is 91.7 cm³/mol. The summed E-state index contributed by atoms with van der Waals surface area (Å²) in [7, 11) is 0. The van der Waals surface area contributed by atoms with Crippen molar-refractivity contribution in [2.45, 2.75) is 26.2 Å². The summed E-state index contributed by atoms with van der Waals surface area (Å²) in [4.78, 5) is 17.9. The van der Waals surface area contributed by atoms with Gasteiger partial charge in [0.1, 0.15) is 17.9 Å². The maximum absolute atomic E-state index is 11.5. The molecule has 0 unspecified atom stereocenters. The van der Waals surface area contributed by atoms with Crippen LogP contribution in [-0.4, -0.2) is 43.5 Å². The number of amides is 1. The molecule has 0 radical (unpaired) electrons. The molecule has 7 nitrogen and oxygen atoms in total. The van der Waals surface area contributed by atoms with Crippen molar-refractivity contribution < 1.29 is 9.21 Å². The average molecular weight is 337 g/mol. The third-order valence-corrected chi connectivity index (χ3v) is 4.58. The second-order valence-corrected chi connectivity index (χ2v) is 6.14. The Morgan fingerprint density at radius 2 is 2.28 bits per heavy atom. The molecule has 4 rings (SSSR count). The lowest BCUT2D eigenvalue weighted by Crippen LogP contribution is -2.32. The minimum Gasteiger partial charge on any atom is -0.469 e. The highest BCUT2D eigenvalue weighted by Gasteiger charge is 2.18. The summed E-state index contributed by atoms with van der Waals surface area (Å²) in [5.74, 6) is 1.95. The third kappa shape index (κ3) is 3.05. The van der Waals surface area contributed by atoms with E-state index in [1.54, 1.807) is 19.5 Å². The first-order chi connectivity index (χ1) is 12.2. The molecule has 3 aromatic rings. The summed E-state index contributed by atoms with van der Waals surface area (Å²) in [5.41, 5.74) is 2.97. The Hall–Kier alpha value is -2.96. The van der Waals surface area contributed by atoms with Crippen LogP contribution in [0.1, 0.15) is 30.5 Å². The molecule has 128 valence electrons. The van der Waals surface area contributed by atoms with Crippen LogP contribution in [0.5, 0.6) is 0 Å². The van der Waals surface area contributed by atoms with Crippen molar-refractivity contribution in [1.82, 2.24) is 24.5 Å². The van der Waals surface area contributed by atoms with Gasteiger partial charge in [-0.3, -0.25) is 9.20 Å². The molecule has 0 spiro atoms. The molecule has 7 heteroatoms. The number of rotatable bonds is 4. The molecule has 0 saturated heterocycles. The van der Waals surface area contributed by atoms with Crippen molar-refractivity contribution in [2.24, 2.45) is 0 Å². The van der Waals surface area contributed by atoms with Crippen LogP contribution < -0.4 is 0 Å². The zero-order valence-electron chi connectivity index (χ0n) is 14.1. The average Bonchev–Trinajstić information content (AvgIpc) is 3.31. The Morgan fingerprint density at radius 1 is 1.36 bits per heavy atom. The van der Waals surface area contributed by atoms with E-state index in [9.17, 15) is 4.79 Å². The molecule has 3 aromatic heterocycles. The molecular weight excluding hydrogens is 318 g/mol. The fourth-order valence-corrected chi connectivity index (χ4v) is 3.17. The van der Waals surface area contributed by atoms with Gasteiger partial charge in [0, 0.05) is 44.6 Å². The van der Waals surface area contributed by atoms with Crippen LogP contribution in [0, 0.1) is 0 Å².